The van der Waals surface area contributed by atoms with Crippen molar-refractivity contribution in [2.24, 2.45) is 0 Å². The molecule has 3 N–H and O–H groups in total. The monoisotopic (exact) mass is 532 g/mol. The van der Waals surface area contributed by atoms with Crippen LogP contribution in [0.15, 0.2) is 78.5 Å². The molecule has 2 amide bonds. The van der Waals surface area contributed by atoms with Crippen molar-refractivity contribution < 1.29 is 9.90 Å². The first-order chi connectivity index (χ1) is 19.6. The van der Waals surface area contributed by atoms with E-state index in [1.807, 2.05) is 47.5 Å². The van der Waals surface area contributed by atoms with Gasteiger partial charge in [0.15, 0.2) is 0 Å². The lowest BCUT2D eigenvalue weighted by molar-refractivity contribution is 0.154. The molecule has 1 aromatic heterocycles. The van der Waals surface area contributed by atoms with E-state index in [-0.39, 0.29) is 24.1 Å². The highest BCUT2D eigenvalue weighted by Crippen LogP contribution is 2.48. The zero-order valence-corrected chi connectivity index (χ0v) is 22.3. The number of aliphatic hydroxyl groups is 1. The number of carbonyl (C=O) groups is 1. The van der Waals surface area contributed by atoms with Gasteiger partial charge < -0.3 is 20.6 Å². The van der Waals surface area contributed by atoms with Crippen LogP contribution in [0, 0.1) is 11.3 Å². The van der Waals surface area contributed by atoms with Gasteiger partial charge in [-0.25, -0.2) is 14.8 Å². The standard InChI is InChI=1S/C32H32N6O2/c33-20-23-4-3-5-26(18-23)36-31(40)38-15-13-32(14-16-38)19-24-21-34-30(35-25-10-8-22(9-11-25)12-17-39)37-29(24)27-6-1-2-7-28(27)32/h1-4,6-11,18,21,26,39H,5,12-17,19H2,(H,36,40)(H,34,35,37). The molecule has 2 aliphatic carbocycles. The predicted molar refractivity (Wildman–Crippen MR) is 154 cm³/mol. The molecule has 8 heteroatoms. The van der Waals surface area contributed by atoms with Crippen molar-refractivity contribution in [3.63, 3.8) is 0 Å². The molecule has 0 bridgehead atoms. The molecule has 40 heavy (non-hydrogen) atoms. The van der Waals surface area contributed by atoms with Gasteiger partial charge in [-0.1, -0.05) is 42.5 Å². The van der Waals surface area contributed by atoms with Gasteiger partial charge in [0.05, 0.1) is 17.8 Å². The number of hydrogen-bond acceptors (Lipinski definition) is 6. The fourth-order valence-electron chi connectivity index (χ4n) is 6.15. The zero-order valence-electron chi connectivity index (χ0n) is 22.3. The summed E-state index contributed by atoms with van der Waals surface area (Å²) in [6, 6.07) is 18.4. The fourth-order valence-corrected chi connectivity index (χ4v) is 6.15. The van der Waals surface area contributed by atoms with Gasteiger partial charge in [-0.15, -0.1) is 0 Å². The van der Waals surface area contributed by atoms with E-state index < -0.39 is 0 Å². The Morgan fingerprint density at radius 2 is 1.95 bits per heavy atom. The number of hydrogen-bond donors (Lipinski definition) is 3. The number of nitrogens with one attached hydrogen (secondary N) is 2. The number of carbonyl (C=O) groups excluding carboxylic acids is 1. The van der Waals surface area contributed by atoms with E-state index in [4.69, 9.17) is 10.1 Å². The van der Waals surface area contributed by atoms with Crippen molar-refractivity contribution in [1.82, 2.24) is 20.2 Å². The Hall–Kier alpha value is -4.48. The summed E-state index contributed by atoms with van der Waals surface area (Å²) in [5.74, 6) is 0.553. The van der Waals surface area contributed by atoms with E-state index in [0.29, 0.717) is 37.5 Å². The topological polar surface area (TPSA) is 114 Å². The summed E-state index contributed by atoms with van der Waals surface area (Å²) >= 11 is 0. The van der Waals surface area contributed by atoms with Crippen molar-refractivity contribution >= 4 is 17.7 Å². The highest BCUT2D eigenvalue weighted by Gasteiger charge is 2.42. The maximum atomic E-state index is 13.1. The quantitative estimate of drug-likeness (QED) is 0.435. The minimum Gasteiger partial charge on any atom is -0.396 e. The second-order valence-corrected chi connectivity index (χ2v) is 10.8. The average molecular weight is 533 g/mol. The molecule has 6 rings (SSSR count). The van der Waals surface area contributed by atoms with E-state index in [2.05, 4.69) is 46.0 Å². The second-order valence-electron chi connectivity index (χ2n) is 10.8. The number of benzene rings is 2. The number of aromatic nitrogens is 2. The van der Waals surface area contributed by atoms with Crippen LogP contribution in [0.1, 0.15) is 36.0 Å². The number of piperidine rings is 1. The Balaban J connectivity index is 1.18. The molecule has 0 saturated carbocycles. The number of rotatable bonds is 5. The Morgan fingerprint density at radius 1 is 1.15 bits per heavy atom. The summed E-state index contributed by atoms with van der Waals surface area (Å²) in [6.45, 7) is 1.46. The number of nitrogens with zero attached hydrogens (tertiary/aromatic N) is 4. The SMILES string of the molecule is N#CC1=CC(NC(=O)N2CCC3(CC2)Cc2cnc(Nc4ccc(CCO)cc4)nc2-c2ccccc23)CC=C1. The van der Waals surface area contributed by atoms with Crippen molar-refractivity contribution in [2.45, 2.75) is 43.6 Å². The van der Waals surface area contributed by atoms with Crippen LogP contribution in [0.4, 0.5) is 16.4 Å². The van der Waals surface area contributed by atoms with Crippen LogP contribution in [0.3, 0.4) is 0 Å². The minimum atomic E-state index is -0.149. The number of fused-ring (bicyclic) bond motifs is 4. The highest BCUT2D eigenvalue weighted by atomic mass is 16.3. The van der Waals surface area contributed by atoms with Crippen molar-refractivity contribution in [3.8, 4) is 17.3 Å². The van der Waals surface area contributed by atoms with Crippen LogP contribution in [-0.4, -0.2) is 51.7 Å². The average Bonchev–Trinajstić information content (AvgIpc) is 2.99. The molecule has 1 unspecified atom stereocenters. The first-order valence-electron chi connectivity index (χ1n) is 13.8. The normalized spacial score (nSPS) is 18.8. The Bertz CT molecular complexity index is 1510. The van der Waals surface area contributed by atoms with Crippen molar-refractivity contribution in [2.75, 3.05) is 25.0 Å². The summed E-state index contributed by atoms with van der Waals surface area (Å²) in [5, 5.41) is 24.7. The summed E-state index contributed by atoms with van der Waals surface area (Å²) in [4.78, 5) is 24.5. The Kier molecular flexibility index (Phi) is 7.06. The maximum absolute atomic E-state index is 13.1. The number of nitriles is 1. The van der Waals surface area contributed by atoms with E-state index in [9.17, 15) is 10.1 Å². The third kappa shape index (κ3) is 5.08. The van der Waals surface area contributed by atoms with E-state index in [0.717, 1.165) is 47.3 Å². The molecular weight excluding hydrogens is 500 g/mol. The number of anilines is 2. The van der Waals surface area contributed by atoms with Crippen LogP contribution in [0.25, 0.3) is 11.3 Å². The minimum absolute atomic E-state index is 0.0668. The van der Waals surface area contributed by atoms with Crippen LogP contribution in [0.5, 0.6) is 0 Å². The zero-order chi connectivity index (χ0) is 27.5. The Morgan fingerprint density at radius 3 is 2.73 bits per heavy atom. The van der Waals surface area contributed by atoms with Gasteiger partial charge in [-0.3, -0.25) is 0 Å². The summed E-state index contributed by atoms with van der Waals surface area (Å²) in [6.07, 6.45) is 11.4. The first-order valence-corrected chi connectivity index (χ1v) is 13.8. The lowest BCUT2D eigenvalue weighted by atomic mass is 9.64. The molecule has 1 atom stereocenters. The van der Waals surface area contributed by atoms with Gasteiger partial charge in [0.2, 0.25) is 5.95 Å². The number of urea groups is 1. The van der Waals surface area contributed by atoms with E-state index in [1.165, 1.54) is 5.56 Å². The third-order valence-electron chi connectivity index (χ3n) is 8.27. The molecule has 3 aliphatic rings. The van der Waals surface area contributed by atoms with Crippen LogP contribution < -0.4 is 10.6 Å². The molecule has 3 aromatic rings. The number of allylic oxidation sites excluding steroid dienone is 2. The lowest BCUT2D eigenvalue weighted by Crippen LogP contribution is -2.51. The largest absolute Gasteiger partial charge is 0.396 e. The molecular formula is C32H32N6O2. The van der Waals surface area contributed by atoms with Gasteiger partial charge in [-0.2, -0.15) is 5.26 Å². The molecule has 0 radical (unpaired) electrons. The van der Waals surface area contributed by atoms with Crippen molar-refractivity contribution in [1.29, 1.82) is 5.26 Å². The summed E-state index contributed by atoms with van der Waals surface area (Å²) in [5.41, 5.74) is 7.01. The number of likely N-dealkylation sites (tertiary alicyclic amines) is 1. The van der Waals surface area contributed by atoms with Crippen LogP contribution in [-0.2, 0) is 18.3 Å². The third-order valence-corrected chi connectivity index (χ3v) is 8.27. The van der Waals surface area contributed by atoms with Gasteiger partial charge in [0.1, 0.15) is 0 Å². The van der Waals surface area contributed by atoms with E-state index >= 15 is 0 Å². The lowest BCUT2D eigenvalue weighted by Gasteiger charge is -2.45. The van der Waals surface area contributed by atoms with E-state index in [1.54, 1.807) is 6.08 Å². The molecule has 1 spiro atoms. The van der Waals surface area contributed by atoms with Gasteiger partial charge in [0, 0.05) is 48.1 Å². The predicted octanol–water partition coefficient (Wildman–Crippen LogP) is 4.80. The molecule has 1 saturated heterocycles. The summed E-state index contributed by atoms with van der Waals surface area (Å²) in [7, 11) is 0. The van der Waals surface area contributed by atoms with Crippen molar-refractivity contribution in [3.05, 3.63) is 95.2 Å². The maximum Gasteiger partial charge on any atom is 0.317 e. The first kappa shape index (κ1) is 25.8. The summed E-state index contributed by atoms with van der Waals surface area (Å²) < 4.78 is 0. The molecule has 2 heterocycles. The number of aliphatic hydroxyl groups excluding tert-OH is 1. The highest BCUT2D eigenvalue weighted by molar-refractivity contribution is 5.76. The molecule has 2 aromatic carbocycles. The molecule has 1 aliphatic heterocycles. The number of amides is 2. The smallest absolute Gasteiger partial charge is 0.317 e. The van der Waals surface area contributed by atoms with Gasteiger partial charge in [0.25, 0.3) is 0 Å². The van der Waals surface area contributed by atoms with Crippen LogP contribution in [0.2, 0.25) is 0 Å². The molecule has 1 fully saturated rings. The van der Waals surface area contributed by atoms with Gasteiger partial charge >= 0.3 is 6.03 Å². The Labute approximate surface area is 234 Å². The molecule has 202 valence electrons. The van der Waals surface area contributed by atoms with Crippen LogP contribution >= 0.6 is 0 Å². The second kappa shape index (κ2) is 10.9. The molecule has 8 nitrogen and oxygen atoms in total. The fraction of sp³-hybridized carbons (Fsp3) is 0.312. The van der Waals surface area contributed by atoms with Gasteiger partial charge in [-0.05, 0) is 73.1 Å².